The number of nitrogens with zero attached hydrogens (tertiary/aromatic N) is 2. The molecule has 0 aliphatic carbocycles. The van der Waals surface area contributed by atoms with Crippen molar-refractivity contribution in [3.63, 3.8) is 0 Å². The Morgan fingerprint density at radius 1 is 1.05 bits per heavy atom. The smallest absolute Gasteiger partial charge is 0.0958 e. The fourth-order valence-corrected chi connectivity index (χ4v) is 2.39. The summed E-state index contributed by atoms with van der Waals surface area (Å²) in [5.74, 6) is 0. The summed E-state index contributed by atoms with van der Waals surface area (Å²) in [6, 6.07) is 16.3. The summed E-state index contributed by atoms with van der Waals surface area (Å²) in [6.07, 6.45) is 4.05. The standard InChI is InChI=1S/C16H17N3/c17-14-7-3-5-13(11-14)6-4-10-19-12-18-15-8-1-2-9-16(15)19/h1-3,5,7-9,11-12H,4,6,10,17H2. The van der Waals surface area contributed by atoms with E-state index in [0.717, 1.165) is 30.6 Å². The summed E-state index contributed by atoms with van der Waals surface area (Å²) in [7, 11) is 0. The second kappa shape index (κ2) is 5.14. The summed E-state index contributed by atoms with van der Waals surface area (Å²) in [5, 5.41) is 0. The van der Waals surface area contributed by atoms with Crippen LogP contribution in [0.15, 0.2) is 54.9 Å². The quantitative estimate of drug-likeness (QED) is 0.723. The van der Waals surface area contributed by atoms with Crippen molar-refractivity contribution in [2.75, 3.05) is 5.73 Å². The number of hydrogen-bond acceptors (Lipinski definition) is 2. The van der Waals surface area contributed by atoms with Gasteiger partial charge in [0.1, 0.15) is 0 Å². The summed E-state index contributed by atoms with van der Waals surface area (Å²) in [5.41, 5.74) is 10.2. The first kappa shape index (κ1) is 11.8. The number of fused-ring (bicyclic) bond motifs is 1. The van der Waals surface area contributed by atoms with E-state index in [1.54, 1.807) is 0 Å². The Kier molecular flexibility index (Phi) is 3.19. The average molecular weight is 251 g/mol. The molecule has 0 radical (unpaired) electrons. The number of imidazole rings is 1. The highest BCUT2D eigenvalue weighted by atomic mass is 15.0. The van der Waals surface area contributed by atoms with Gasteiger partial charge in [-0.25, -0.2) is 4.98 Å². The van der Waals surface area contributed by atoms with Crippen LogP contribution in [0.25, 0.3) is 11.0 Å². The first-order valence-corrected chi connectivity index (χ1v) is 6.57. The maximum absolute atomic E-state index is 5.78. The number of aryl methyl sites for hydroxylation is 2. The molecular weight excluding hydrogens is 234 g/mol. The molecule has 0 saturated carbocycles. The van der Waals surface area contributed by atoms with E-state index in [0.29, 0.717) is 0 Å². The Morgan fingerprint density at radius 3 is 2.84 bits per heavy atom. The van der Waals surface area contributed by atoms with Gasteiger partial charge in [0.05, 0.1) is 17.4 Å². The second-order valence-corrected chi connectivity index (χ2v) is 4.78. The fraction of sp³-hybridized carbons (Fsp3) is 0.188. The molecule has 0 atom stereocenters. The number of anilines is 1. The van der Waals surface area contributed by atoms with Crippen LogP contribution in [0.4, 0.5) is 5.69 Å². The molecule has 0 bridgehead atoms. The minimum atomic E-state index is 0.839. The van der Waals surface area contributed by atoms with Crippen molar-refractivity contribution >= 4 is 16.7 Å². The van der Waals surface area contributed by atoms with Crippen LogP contribution in [0, 0.1) is 0 Å². The van der Waals surface area contributed by atoms with Crippen LogP contribution in [-0.4, -0.2) is 9.55 Å². The van der Waals surface area contributed by atoms with E-state index < -0.39 is 0 Å². The molecule has 96 valence electrons. The first-order valence-electron chi connectivity index (χ1n) is 6.57. The lowest BCUT2D eigenvalue weighted by molar-refractivity contribution is 0.657. The number of nitrogen functional groups attached to an aromatic ring is 1. The molecule has 0 aliphatic heterocycles. The van der Waals surface area contributed by atoms with E-state index in [1.165, 1.54) is 11.1 Å². The maximum atomic E-state index is 5.78. The van der Waals surface area contributed by atoms with E-state index in [9.17, 15) is 0 Å². The SMILES string of the molecule is Nc1cccc(CCCn2cnc3ccccc32)c1. The number of benzene rings is 2. The van der Waals surface area contributed by atoms with Crippen molar-refractivity contribution in [2.24, 2.45) is 0 Å². The lowest BCUT2D eigenvalue weighted by atomic mass is 10.1. The molecule has 3 aromatic rings. The van der Waals surface area contributed by atoms with Crippen LogP contribution in [-0.2, 0) is 13.0 Å². The normalized spacial score (nSPS) is 10.9. The molecule has 3 heteroatoms. The summed E-state index contributed by atoms with van der Waals surface area (Å²) < 4.78 is 2.21. The van der Waals surface area contributed by atoms with Crippen molar-refractivity contribution in [3.05, 3.63) is 60.4 Å². The predicted molar refractivity (Wildman–Crippen MR) is 78.9 cm³/mol. The number of nitrogens with two attached hydrogens (primary N) is 1. The zero-order valence-corrected chi connectivity index (χ0v) is 10.8. The molecule has 19 heavy (non-hydrogen) atoms. The van der Waals surface area contributed by atoms with E-state index >= 15 is 0 Å². The predicted octanol–water partition coefficient (Wildman–Crippen LogP) is 3.25. The Morgan fingerprint density at radius 2 is 1.95 bits per heavy atom. The molecule has 0 aliphatic rings. The molecule has 0 unspecified atom stereocenters. The maximum Gasteiger partial charge on any atom is 0.0958 e. The number of para-hydroxylation sites is 2. The van der Waals surface area contributed by atoms with Crippen LogP contribution in [0.3, 0.4) is 0 Å². The molecule has 0 spiro atoms. The third-order valence-electron chi connectivity index (χ3n) is 3.34. The third-order valence-corrected chi connectivity index (χ3v) is 3.34. The van der Waals surface area contributed by atoms with Crippen LogP contribution in [0.1, 0.15) is 12.0 Å². The number of aromatic nitrogens is 2. The van der Waals surface area contributed by atoms with Gasteiger partial charge in [0, 0.05) is 12.2 Å². The van der Waals surface area contributed by atoms with E-state index in [2.05, 4.69) is 27.8 Å². The second-order valence-electron chi connectivity index (χ2n) is 4.78. The molecular formula is C16H17N3. The van der Waals surface area contributed by atoms with Gasteiger partial charge in [-0.2, -0.15) is 0 Å². The van der Waals surface area contributed by atoms with Crippen molar-refractivity contribution in [1.82, 2.24) is 9.55 Å². The van der Waals surface area contributed by atoms with Gasteiger partial charge in [-0.3, -0.25) is 0 Å². The van der Waals surface area contributed by atoms with Gasteiger partial charge < -0.3 is 10.3 Å². The Labute approximate surface area is 112 Å². The minimum absolute atomic E-state index is 0.839. The zero-order valence-electron chi connectivity index (χ0n) is 10.8. The van der Waals surface area contributed by atoms with Crippen LogP contribution in [0.5, 0.6) is 0 Å². The van der Waals surface area contributed by atoms with Crippen LogP contribution < -0.4 is 5.73 Å². The minimum Gasteiger partial charge on any atom is -0.399 e. The van der Waals surface area contributed by atoms with Crippen LogP contribution in [0.2, 0.25) is 0 Å². The molecule has 1 heterocycles. The van der Waals surface area contributed by atoms with Crippen molar-refractivity contribution in [1.29, 1.82) is 0 Å². The highest BCUT2D eigenvalue weighted by Crippen LogP contribution is 2.14. The molecule has 0 saturated heterocycles. The van der Waals surface area contributed by atoms with Gasteiger partial charge in [-0.1, -0.05) is 24.3 Å². The van der Waals surface area contributed by atoms with Gasteiger partial charge in [-0.15, -0.1) is 0 Å². The third kappa shape index (κ3) is 2.60. The molecule has 0 fully saturated rings. The van der Waals surface area contributed by atoms with Gasteiger partial charge >= 0.3 is 0 Å². The van der Waals surface area contributed by atoms with Gasteiger partial charge in [0.2, 0.25) is 0 Å². The summed E-state index contributed by atoms with van der Waals surface area (Å²) >= 11 is 0. The van der Waals surface area contributed by atoms with Crippen molar-refractivity contribution in [3.8, 4) is 0 Å². The van der Waals surface area contributed by atoms with E-state index in [1.807, 2.05) is 36.7 Å². The monoisotopic (exact) mass is 251 g/mol. The van der Waals surface area contributed by atoms with Crippen LogP contribution >= 0.6 is 0 Å². The molecule has 2 aromatic carbocycles. The van der Waals surface area contributed by atoms with E-state index in [-0.39, 0.29) is 0 Å². The summed E-state index contributed by atoms with van der Waals surface area (Å²) in [4.78, 5) is 4.40. The lowest BCUT2D eigenvalue weighted by Crippen LogP contribution is -1.98. The number of hydrogen-bond donors (Lipinski definition) is 1. The average Bonchev–Trinajstić information content (AvgIpc) is 2.83. The lowest BCUT2D eigenvalue weighted by Gasteiger charge is -2.05. The molecule has 3 rings (SSSR count). The summed E-state index contributed by atoms with van der Waals surface area (Å²) in [6.45, 7) is 0.981. The Balaban J connectivity index is 1.66. The Hall–Kier alpha value is -2.29. The molecule has 3 nitrogen and oxygen atoms in total. The van der Waals surface area contributed by atoms with Crippen molar-refractivity contribution in [2.45, 2.75) is 19.4 Å². The largest absolute Gasteiger partial charge is 0.399 e. The highest BCUT2D eigenvalue weighted by Gasteiger charge is 2.01. The number of rotatable bonds is 4. The molecule has 0 amide bonds. The van der Waals surface area contributed by atoms with Gasteiger partial charge in [0.25, 0.3) is 0 Å². The fourth-order valence-electron chi connectivity index (χ4n) is 2.39. The topological polar surface area (TPSA) is 43.8 Å². The Bertz CT molecular complexity index is 685. The van der Waals surface area contributed by atoms with Gasteiger partial charge in [-0.05, 0) is 42.7 Å². The molecule has 1 aromatic heterocycles. The van der Waals surface area contributed by atoms with E-state index in [4.69, 9.17) is 5.73 Å². The zero-order chi connectivity index (χ0) is 13.1. The highest BCUT2D eigenvalue weighted by molar-refractivity contribution is 5.74. The first-order chi connectivity index (χ1) is 9.33. The van der Waals surface area contributed by atoms with Gasteiger partial charge in [0.15, 0.2) is 0 Å². The van der Waals surface area contributed by atoms with Crippen molar-refractivity contribution < 1.29 is 0 Å². The molecule has 2 N–H and O–H groups in total.